The second-order valence-corrected chi connectivity index (χ2v) is 9.72. The van der Waals surface area contributed by atoms with E-state index in [4.69, 9.17) is 0 Å². The Bertz CT molecular complexity index is 1180. The average molecular weight is 567 g/mol. The van der Waals surface area contributed by atoms with Gasteiger partial charge in [-0.3, -0.25) is 4.99 Å². The van der Waals surface area contributed by atoms with Crippen molar-refractivity contribution in [1.82, 2.24) is 20.3 Å². The molecule has 1 heterocycles. The maximum absolute atomic E-state index is 12.3. The fourth-order valence-electron chi connectivity index (χ4n) is 3.50. The second-order valence-electron chi connectivity index (χ2n) is 8.01. The second kappa shape index (κ2) is 10.7. The predicted octanol–water partition coefficient (Wildman–Crippen LogP) is 3.44. The van der Waals surface area contributed by atoms with E-state index in [1.165, 1.54) is 16.5 Å². The molecule has 1 aliphatic carbocycles. The van der Waals surface area contributed by atoms with Crippen molar-refractivity contribution in [1.29, 1.82) is 0 Å². The number of H-pyrrole nitrogens is 1. The van der Waals surface area contributed by atoms with Gasteiger partial charge in [-0.15, -0.1) is 24.0 Å². The molecule has 32 heavy (non-hydrogen) atoms. The summed E-state index contributed by atoms with van der Waals surface area (Å²) in [6, 6.07) is 13.5. The van der Waals surface area contributed by atoms with Gasteiger partial charge in [-0.2, -0.15) is 0 Å². The van der Waals surface area contributed by atoms with Crippen LogP contribution in [0.1, 0.15) is 29.5 Å². The summed E-state index contributed by atoms with van der Waals surface area (Å²) in [6.45, 7) is 3.40. The zero-order valence-corrected chi connectivity index (χ0v) is 21.5. The minimum Gasteiger partial charge on any atom is -0.361 e. The van der Waals surface area contributed by atoms with Gasteiger partial charge in [0.05, 0.1) is 4.90 Å². The zero-order valence-electron chi connectivity index (χ0n) is 18.3. The molecule has 0 amide bonds. The fourth-order valence-corrected chi connectivity index (χ4v) is 4.81. The molecule has 172 valence electrons. The van der Waals surface area contributed by atoms with Gasteiger partial charge in [-0.05, 0) is 61.1 Å². The number of aromatic amines is 1. The Labute approximate surface area is 206 Å². The summed E-state index contributed by atoms with van der Waals surface area (Å²) < 4.78 is 27.2. The fraction of sp³-hybridized carbons (Fsp3) is 0.348. The Morgan fingerprint density at radius 2 is 1.88 bits per heavy atom. The van der Waals surface area contributed by atoms with Gasteiger partial charge in [0.1, 0.15) is 0 Å². The van der Waals surface area contributed by atoms with E-state index in [-0.39, 0.29) is 30.0 Å². The monoisotopic (exact) mass is 567 g/mol. The van der Waals surface area contributed by atoms with E-state index < -0.39 is 10.0 Å². The highest BCUT2D eigenvalue weighted by Gasteiger charge is 2.27. The van der Waals surface area contributed by atoms with Crippen LogP contribution >= 0.6 is 24.0 Å². The Hall–Kier alpha value is -2.11. The van der Waals surface area contributed by atoms with Crippen molar-refractivity contribution in [2.75, 3.05) is 13.6 Å². The molecule has 0 saturated heterocycles. The van der Waals surface area contributed by atoms with E-state index in [0.717, 1.165) is 36.9 Å². The van der Waals surface area contributed by atoms with E-state index in [0.29, 0.717) is 17.4 Å². The first-order valence-electron chi connectivity index (χ1n) is 10.6. The first kappa shape index (κ1) is 24.5. The van der Waals surface area contributed by atoms with Crippen LogP contribution in [0.2, 0.25) is 0 Å². The molecule has 3 aromatic rings. The van der Waals surface area contributed by atoms with E-state index in [2.05, 4.69) is 56.7 Å². The van der Waals surface area contributed by atoms with E-state index in [9.17, 15) is 8.42 Å². The highest BCUT2D eigenvalue weighted by molar-refractivity contribution is 14.0. The maximum atomic E-state index is 12.3. The molecule has 0 radical (unpaired) electrons. The van der Waals surface area contributed by atoms with Crippen molar-refractivity contribution < 1.29 is 8.42 Å². The molecule has 0 unspecified atom stereocenters. The Balaban J connectivity index is 0.00000289. The summed E-state index contributed by atoms with van der Waals surface area (Å²) in [6.07, 6.45) is 4.79. The summed E-state index contributed by atoms with van der Waals surface area (Å²) in [4.78, 5) is 7.91. The normalized spacial score (nSPS) is 14.2. The van der Waals surface area contributed by atoms with Crippen LogP contribution in [0, 0.1) is 6.92 Å². The molecule has 1 aliphatic rings. The number of nitrogens with zero attached hydrogens (tertiary/aromatic N) is 1. The highest BCUT2D eigenvalue weighted by Crippen LogP contribution is 2.22. The molecule has 9 heteroatoms. The topological polar surface area (TPSA) is 98.4 Å². The van der Waals surface area contributed by atoms with Crippen LogP contribution in [-0.2, 0) is 23.0 Å². The van der Waals surface area contributed by atoms with Gasteiger partial charge in [0.15, 0.2) is 5.96 Å². The van der Waals surface area contributed by atoms with Gasteiger partial charge in [0.2, 0.25) is 10.0 Å². The lowest BCUT2D eigenvalue weighted by atomic mass is 10.1. The number of aliphatic imine (C=N–C) groups is 1. The third-order valence-electron chi connectivity index (χ3n) is 5.43. The van der Waals surface area contributed by atoms with Crippen LogP contribution < -0.4 is 15.4 Å². The Morgan fingerprint density at radius 3 is 2.56 bits per heavy atom. The average Bonchev–Trinajstić information content (AvgIpc) is 3.48. The summed E-state index contributed by atoms with van der Waals surface area (Å²) in [7, 11) is -1.67. The lowest BCUT2D eigenvalue weighted by Gasteiger charge is -2.12. The minimum atomic E-state index is -3.41. The number of halogens is 1. The van der Waals surface area contributed by atoms with Gasteiger partial charge in [0.25, 0.3) is 0 Å². The Morgan fingerprint density at radius 1 is 1.12 bits per heavy atom. The van der Waals surface area contributed by atoms with Crippen molar-refractivity contribution in [3.05, 3.63) is 65.4 Å². The molecule has 4 N–H and O–H groups in total. The number of rotatable bonds is 8. The zero-order chi connectivity index (χ0) is 21.8. The van der Waals surface area contributed by atoms with Gasteiger partial charge in [-0.1, -0.05) is 24.3 Å². The lowest BCUT2D eigenvalue weighted by Crippen LogP contribution is -2.37. The SMILES string of the molecule is CN=C(NCCc1c[nH]c2cc(C)ccc12)NCc1ccc(S(=O)(=O)NC2CC2)cc1.I. The molecule has 2 aromatic carbocycles. The third-order valence-corrected chi connectivity index (χ3v) is 6.96. The summed E-state index contributed by atoms with van der Waals surface area (Å²) in [5.74, 6) is 0.711. The van der Waals surface area contributed by atoms with Crippen LogP contribution in [0.3, 0.4) is 0 Å². The molecule has 4 rings (SSSR count). The molecular weight excluding hydrogens is 537 g/mol. The molecule has 0 aliphatic heterocycles. The number of fused-ring (bicyclic) bond motifs is 1. The number of nitrogens with one attached hydrogen (secondary N) is 4. The molecule has 1 fully saturated rings. The minimum absolute atomic E-state index is 0. The molecular formula is C23H30IN5O2S. The van der Waals surface area contributed by atoms with Crippen molar-refractivity contribution in [2.24, 2.45) is 4.99 Å². The van der Waals surface area contributed by atoms with Crippen molar-refractivity contribution in [3.8, 4) is 0 Å². The van der Waals surface area contributed by atoms with Gasteiger partial charge in [-0.25, -0.2) is 13.1 Å². The molecule has 1 aromatic heterocycles. The van der Waals surface area contributed by atoms with Gasteiger partial charge < -0.3 is 15.6 Å². The van der Waals surface area contributed by atoms with Crippen LogP contribution in [0.4, 0.5) is 0 Å². The maximum Gasteiger partial charge on any atom is 0.240 e. The summed E-state index contributed by atoms with van der Waals surface area (Å²) in [5, 5.41) is 7.87. The summed E-state index contributed by atoms with van der Waals surface area (Å²) in [5.41, 5.74) is 4.67. The van der Waals surface area contributed by atoms with Crippen LogP contribution in [0.25, 0.3) is 10.9 Å². The van der Waals surface area contributed by atoms with E-state index >= 15 is 0 Å². The molecule has 0 spiro atoms. The number of sulfonamides is 1. The lowest BCUT2D eigenvalue weighted by molar-refractivity contribution is 0.581. The number of benzene rings is 2. The van der Waals surface area contributed by atoms with Gasteiger partial charge >= 0.3 is 0 Å². The number of guanidine groups is 1. The first-order valence-corrected chi connectivity index (χ1v) is 12.1. The molecule has 0 bridgehead atoms. The van der Waals surface area contributed by atoms with Crippen molar-refractivity contribution >= 4 is 50.9 Å². The van der Waals surface area contributed by atoms with Crippen molar-refractivity contribution in [3.63, 3.8) is 0 Å². The number of hydrogen-bond acceptors (Lipinski definition) is 3. The third kappa shape index (κ3) is 6.23. The molecule has 0 atom stereocenters. The predicted molar refractivity (Wildman–Crippen MR) is 140 cm³/mol. The largest absolute Gasteiger partial charge is 0.361 e. The summed E-state index contributed by atoms with van der Waals surface area (Å²) >= 11 is 0. The first-order chi connectivity index (χ1) is 14.9. The van der Waals surface area contributed by atoms with Crippen LogP contribution in [0.5, 0.6) is 0 Å². The standard InChI is InChI=1S/C23H29N5O2S.HI/c1-16-3-10-21-18(15-26-22(21)13-16)11-12-25-23(24-2)27-14-17-4-8-20(9-5-17)31(29,30)28-19-6-7-19;/h3-5,8-10,13,15,19,26,28H,6-7,11-12,14H2,1-2H3,(H2,24,25,27);1H. The number of aryl methyl sites for hydroxylation is 1. The Kier molecular flexibility index (Phi) is 8.18. The van der Waals surface area contributed by atoms with E-state index in [1.807, 2.05) is 12.1 Å². The molecule has 7 nitrogen and oxygen atoms in total. The van der Waals surface area contributed by atoms with Crippen LogP contribution in [0.15, 0.2) is 58.5 Å². The smallest absolute Gasteiger partial charge is 0.240 e. The number of hydrogen-bond donors (Lipinski definition) is 4. The van der Waals surface area contributed by atoms with Crippen LogP contribution in [-0.4, -0.2) is 39.0 Å². The number of aromatic nitrogens is 1. The van der Waals surface area contributed by atoms with Crippen molar-refractivity contribution in [2.45, 2.75) is 43.7 Å². The quantitative estimate of drug-likeness (QED) is 0.191. The molecule has 1 saturated carbocycles. The van der Waals surface area contributed by atoms with E-state index in [1.54, 1.807) is 19.2 Å². The highest BCUT2D eigenvalue weighted by atomic mass is 127. The van der Waals surface area contributed by atoms with Gasteiger partial charge in [0, 0.05) is 43.3 Å².